The van der Waals surface area contributed by atoms with E-state index in [0.29, 0.717) is 6.42 Å². The highest BCUT2D eigenvalue weighted by Crippen LogP contribution is 2.08. The standard InChI is InChI=1S/C18H32N4O9/c1-4-8(2)13(18(30)31)21-16(28)11(7-23)20-17(29)14(9(3)24)22-15(27)10(19)5-6-12(25)26/h8-11,13-14,23-24H,4-7,19H2,1-3H3,(H,20,29)(H,21,28)(H,22,27)(H,25,26)(H,30,31). The molecule has 0 aliphatic heterocycles. The van der Waals surface area contributed by atoms with Crippen LogP contribution in [0.2, 0.25) is 0 Å². The van der Waals surface area contributed by atoms with Crippen molar-refractivity contribution in [3.63, 3.8) is 0 Å². The molecule has 0 aromatic carbocycles. The van der Waals surface area contributed by atoms with Gasteiger partial charge in [0.1, 0.15) is 18.1 Å². The van der Waals surface area contributed by atoms with Crippen molar-refractivity contribution < 1.29 is 44.4 Å². The summed E-state index contributed by atoms with van der Waals surface area (Å²) in [5.74, 6) is -5.75. The molecular formula is C18H32N4O9. The van der Waals surface area contributed by atoms with Crippen LogP contribution in [0.25, 0.3) is 0 Å². The van der Waals surface area contributed by atoms with Crippen LogP contribution < -0.4 is 21.7 Å². The number of aliphatic carboxylic acids is 2. The molecule has 0 spiro atoms. The van der Waals surface area contributed by atoms with Crippen molar-refractivity contribution in [1.82, 2.24) is 16.0 Å². The van der Waals surface area contributed by atoms with Gasteiger partial charge in [-0.1, -0.05) is 20.3 Å². The summed E-state index contributed by atoms with van der Waals surface area (Å²) in [6.07, 6.45) is -1.56. The summed E-state index contributed by atoms with van der Waals surface area (Å²) in [6, 6.07) is -5.61. The highest BCUT2D eigenvalue weighted by Gasteiger charge is 2.33. The molecule has 0 heterocycles. The number of hydrogen-bond acceptors (Lipinski definition) is 8. The number of rotatable bonds is 14. The van der Waals surface area contributed by atoms with Gasteiger partial charge in [-0.05, 0) is 19.3 Å². The summed E-state index contributed by atoms with van der Waals surface area (Å²) >= 11 is 0. The Hall–Kier alpha value is -2.77. The number of carboxylic acids is 2. The van der Waals surface area contributed by atoms with E-state index in [0.717, 1.165) is 0 Å². The molecule has 13 heteroatoms. The molecule has 6 unspecified atom stereocenters. The van der Waals surface area contributed by atoms with Gasteiger partial charge in [0.25, 0.3) is 0 Å². The van der Waals surface area contributed by atoms with Crippen LogP contribution in [0.5, 0.6) is 0 Å². The quantitative estimate of drug-likeness (QED) is 0.135. The fourth-order valence-electron chi connectivity index (χ4n) is 2.47. The molecule has 0 rings (SSSR count). The molecule has 13 nitrogen and oxygen atoms in total. The number of carbonyl (C=O) groups is 5. The molecule has 0 bridgehead atoms. The van der Waals surface area contributed by atoms with E-state index >= 15 is 0 Å². The van der Waals surface area contributed by atoms with E-state index < -0.39 is 72.5 Å². The molecule has 0 aliphatic rings. The number of amides is 3. The van der Waals surface area contributed by atoms with Gasteiger partial charge in [0, 0.05) is 6.42 Å². The van der Waals surface area contributed by atoms with Gasteiger partial charge in [-0.3, -0.25) is 19.2 Å². The van der Waals surface area contributed by atoms with Gasteiger partial charge < -0.3 is 42.1 Å². The molecule has 0 aromatic heterocycles. The lowest BCUT2D eigenvalue weighted by atomic mass is 9.99. The number of aliphatic hydroxyl groups is 2. The van der Waals surface area contributed by atoms with Crippen LogP contribution in [0.15, 0.2) is 0 Å². The van der Waals surface area contributed by atoms with Gasteiger partial charge in [0.15, 0.2) is 0 Å². The zero-order valence-corrected chi connectivity index (χ0v) is 17.7. The van der Waals surface area contributed by atoms with E-state index in [9.17, 15) is 39.3 Å². The van der Waals surface area contributed by atoms with Crippen LogP contribution in [-0.4, -0.2) is 87.0 Å². The molecule has 0 fully saturated rings. The minimum Gasteiger partial charge on any atom is -0.481 e. The van der Waals surface area contributed by atoms with Gasteiger partial charge in [-0.25, -0.2) is 4.79 Å². The van der Waals surface area contributed by atoms with E-state index in [1.165, 1.54) is 6.92 Å². The first-order valence-corrected chi connectivity index (χ1v) is 9.75. The maximum absolute atomic E-state index is 12.5. The van der Waals surface area contributed by atoms with Crippen LogP contribution in [0, 0.1) is 5.92 Å². The van der Waals surface area contributed by atoms with E-state index in [1.807, 2.05) is 0 Å². The van der Waals surface area contributed by atoms with E-state index in [-0.39, 0.29) is 12.8 Å². The number of nitrogens with one attached hydrogen (secondary N) is 3. The molecule has 0 radical (unpaired) electrons. The lowest BCUT2D eigenvalue weighted by Crippen LogP contribution is -2.60. The first-order chi connectivity index (χ1) is 14.3. The number of nitrogens with two attached hydrogens (primary N) is 1. The van der Waals surface area contributed by atoms with Gasteiger partial charge in [0.05, 0.1) is 18.8 Å². The van der Waals surface area contributed by atoms with Crippen molar-refractivity contribution in [1.29, 1.82) is 0 Å². The normalized spacial score (nSPS) is 16.7. The lowest BCUT2D eigenvalue weighted by Gasteiger charge is -2.26. The predicted molar refractivity (Wildman–Crippen MR) is 106 cm³/mol. The minimum absolute atomic E-state index is 0.205. The molecule has 6 atom stereocenters. The summed E-state index contributed by atoms with van der Waals surface area (Å²) in [5, 5.41) is 43.7. The maximum atomic E-state index is 12.5. The first kappa shape index (κ1) is 28.2. The van der Waals surface area contributed by atoms with Crippen molar-refractivity contribution in [3.8, 4) is 0 Å². The van der Waals surface area contributed by atoms with E-state index in [2.05, 4.69) is 16.0 Å². The molecule has 178 valence electrons. The molecule has 0 saturated carbocycles. The van der Waals surface area contributed by atoms with Gasteiger partial charge in [-0.2, -0.15) is 0 Å². The zero-order chi connectivity index (χ0) is 24.3. The van der Waals surface area contributed by atoms with Gasteiger partial charge in [-0.15, -0.1) is 0 Å². The highest BCUT2D eigenvalue weighted by molar-refractivity contribution is 5.94. The number of hydrogen-bond donors (Lipinski definition) is 8. The topological polar surface area (TPSA) is 228 Å². The second-order valence-electron chi connectivity index (χ2n) is 7.22. The van der Waals surface area contributed by atoms with E-state index in [4.69, 9.17) is 10.8 Å². The SMILES string of the molecule is CCC(C)C(NC(=O)C(CO)NC(=O)C(NC(=O)C(N)CCC(=O)O)C(C)O)C(=O)O. The van der Waals surface area contributed by atoms with Gasteiger partial charge in [0.2, 0.25) is 17.7 Å². The summed E-state index contributed by atoms with van der Waals surface area (Å²) in [6.45, 7) is 3.65. The van der Waals surface area contributed by atoms with Crippen molar-refractivity contribution >= 4 is 29.7 Å². The fraction of sp³-hybridized carbons (Fsp3) is 0.722. The average molecular weight is 448 g/mol. The molecule has 0 aliphatic carbocycles. The monoisotopic (exact) mass is 448 g/mol. The Balaban J connectivity index is 5.18. The molecule has 0 saturated heterocycles. The van der Waals surface area contributed by atoms with Crippen LogP contribution in [0.4, 0.5) is 0 Å². The van der Waals surface area contributed by atoms with Gasteiger partial charge >= 0.3 is 11.9 Å². The molecule has 9 N–H and O–H groups in total. The summed E-state index contributed by atoms with van der Waals surface area (Å²) in [7, 11) is 0. The molecule has 3 amide bonds. The van der Waals surface area contributed by atoms with Crippen LogP contribution >= 0.6 is 0 Å². The van der Waals surface area contributed by atoms with Crippen molar-refractivity contribution in [2.24, 2.45) is 11.7 Å². The Morgan fingerprint density at radius 3 is 1.87 bits per heavy atom. The second-order valence-corrected chi connectivity index (χ2v) is 7.22. The third-order valence-electron chi connectivity index (χ3n) is 4.66. The largest absolute Gasteiger partial charge is 0.481 e. The fourth-order valence-corrected chi connectivity index (χ4v) is 2.47. The Bertz CT molecular complexity index is 656. The van der Waals surface area contributed by atoms with E-state index in [1.54, 1.807) is 13.8 Å². The van der Waals surface area contributed by atoms with Crippen LogP contribution in [0.3, 0.4) is 0 Å². The van der Waals surface area contributed by atoms with Crippen LogP contribution in [0.1, 0.15) is 40.0 Å². The first-order valence-electron chi connectivity index (χ1n) is 9.75. The molecule has 31 heavy (non-hydrogen) atoms. The maximum Gasteiger partial charge on any atom is 0.326 e. The average Bonchev–Trinajstić information content (AvgIpc) is 2.70. The molecular weight excluding hydrogens is 416 g/mol. The Morgan fingerprint density at radius 1 is 0.903 bits per heavy atom. The summed E-state index contributed by atoms with van der Waals surface area (Å²) < 4.78 is 0. The Labute approximate surface area is 179 Å². The third-order valence-corrected chi connectivity index (χ3v) is 4.66. The molecule has 0 aromatic rings. The number of carbonyl (C=O) groups excluding carboxylic acids is 3. The zero-order valence-electron chi connectivity index (χ0n) is 17.7. The summed E-state index contributed by atoms with van der Waals surface area (Å²) in [4.78, 5) is 58.8. The smallest absolute Gasteiger partial charge is 0.326 e. The third kappa shape index (κ3) is 9.72. The second kappa shape index (κ2) is 13.5. The summed E-state index contributed by atoms with van der Waals surface area (Å²) in [5.41, 5.74) is 5.57. The Kier molecular flexibility index (Phi) is 12.3. The Morgan fingerprint density at radius 2 is 1.45 bits per heavy atom. The lowest BCUT2D eigenvalue weighted by molar-refractivity contribution is -0.144. The minimum atomic E-state index is -1.56. The highest BCUT2D eigenvalue weighted by atomic mass is 16.4. The van der Waals surface area contributed by atoms with Crippen molar-refractivity contribution in [3.05, 3.63) is 0 Å². The number of carboxylic acid groups (broad SMARTS) is 2. The van der Waals surface area contributed by atoms with Crippen molar-refractivity contribution in [2.75, 3.05) is 6.61 Å². The van der Waals surface area contributed by atoms with Crippen molar-refractivity contribution in [2.45, 2.75) is 70.3 Å². The van der Waals surface area contributed by atoms with Crippen LogP contribution in [-0.2, 0) is 24.0 Å². The number of aliphatic hydroxyl groups excluding tert-OH is 2. The predicted octanol–water partition coefficient (Wildman–Crippen LogP) is -2.86.